The molecule has 0 aliphatic heterocycles. The normalized spacial score (nSPS) is 15.8. The Labute approximate surface area is 165 Å². The number of nitrogens with one attached hydrogen (secondary N) is 2. The van der Waals surface area contributed by atoms with Crippen LogP contribution in [0.4, 0.5) is 8.78 Å². The van der Waals surface area contributed by atoms with E-state index >= 15 is 0 Å². The van der Waals surface area contributed by atoms with Crippen LogP contribution in [-0.4, -0.2) is 39.2 Å². The SMILES string of the molecule is Cl.O=C(Cc1ccc(S(=O)(=O)C(F)F)cc1)NCCNC1CCCCCC1. The minimum absolute atomic E-state index is 0. The molecule has 1 saturated carbocycles. The summed E-state index contributed by atoms with van der Waals surface area (Å²) in [6.45, 7) is 1.23. The highest BCUT2D eigenvalue weighted by molar-refractivity contribution is 7.91. The fourth-order valence-electron chi connectivity index (χ4n) is 3.11. The van der Waals surface area contributed by atoms with E-state index in [1.807, 2.05) is 0 Å². The predicted molar refractivity (Wildman–Crippen MR) is 103 cm³/mol. The lowest BCUT2D eigenvalue weighted by Gasteiger charge is -2.16. The van der Waals surface area contributed by atoms with Crippen LogP contribution in [0.15, 0.2) is 29.2 Å². The molecule has 0 aromatic heterocycles. The summed E-state index contributed by atoms with van der Waals surface area (Å²) in [4.78, 5) is 11.5. The van der Waals surface area contributed by atoms with Gasteiger partial charge >= 0.3 is 5.76 Å². The van der Waals surface area contributed by atoms with Gasteiger partial charge in [0.15, 0.2) is 0 Å². The van der Waals surface area contributed by atoms with Gasteiger partial charge in [0.05, 0.1) is 11.3 Å². The summed E-state index contributed by atoms with van der Waals surface area (Å²) in [7, 11) is -4.60. The third-order valence-electron chi connectivity index (χ3n) is 4.59. The minimum Gasteiger partial charge on any atom is -0.355 e. The first-order chi connectivity index (χ1) is 12.4. The molecule has 9 heteroatoms. The van der Waals surface area contributed by atoms with Gasteiger partial charge in [0.1, 0.15) is 0 Å². The van der Waals surface area contributed by atoms with Crippen molar-refractivity contribution >= 4 is 28.2 Å². The molecule has 1 fully saturated rings. The Hall–Kier alpha value is -1.25. The van der Waals surface area contributed by atoms with Gasteiger partial charge in [0.25, 0.3) is 0 Å². The van der Waals surface area contributed by atoms with E-state index in [1.165, 1.54) is 50.7 Å². The van der Waals surface area contributed by atoms with E-state index in [2.05, 4.69) is 10.6 Å². The standard InChI is InChI=1S/C18H26F2N2O3S.ClH/c19-18(20)26(24,25)16-9-7-14(8-10-16)13-17(23)22-12-11-21-15-5-3-1-2-4-6-15;/h7-10,15,18,21H,1-6,11-13H2,(H,22,23);1H. The lowest BCUT2D eigenvalue weighted by Crippen LogP contribution is -2.37. The number of halogens is 3. The minimum atomic E-state index is -4.60. The molecule has 1 aliphatic carbocycles. The van der Waals surface area contributed by atoms with Crippen molar-refractivity contribution in [3.63, 3.8) is 0 Å². The molecular formula is C18H27ClF2N2O3S. The molecule has 1 amide bonds. The second-order valence-corrected chi connectivity index (χ2v) is 8.54. The van der Waals surface area contributed by atoms with Crippen molar-refractivity contribution in [2.24, 2.45) is 0 Å². The average molecular weight is 425 g/mol. The van der Waals surface area contributed by atoms with Crippen LogP contribution in [0.25, 0.3) is 0 Å². The van der Waals surface area contributed by atoms with E-state index in [1.54, 1.807) is 0 Å². The Morgan fingerprint density at radius 1 is 1.04 bits per heavy atom. The summed E-state index contributed by atoms with van der Waals surface area (Å²) in [5, 5.41) is 6.27. The molecule has 1 aliphatic rings. The van der Waals surface area contributed by atoms with E-state index in [0.29, 0.717) is 24.7 Å². The van der Waals surface area contributed by atoms with Crippen LogP contribution >= 0.6 is 12.4 Å². The van der Waals surface area contributed by atoms with Crippen molar-refractivity contribution in [3.05, 3.63) is 29.8 Å². The van der Waals surface area contributed by atoms with Crippen LogP contribution in [-0.2, 0) is 21.1 Å². The zero-order valence-electron chi connectivity index (χ0n) is 15.1. The number of carbonyl (C=O) groups excluding carboxylic acids is 1. The molecule has 0 spiro atoms. The molecule has 1 aromatic carbocycles. The van der Waals surface area contributed by atoms with E-state index in [9.17, 15) is 22.0 Å². The summed E-state index contributed by atoms with van der Waals surface area (Å²) >= 11 is 0. The Bertz CT molecular complexity index is 676. The van der Waals surface area contributed by atoms with Crippen molar-refractivity contribution in [2.75, 3.05) is 13.1 Å². The predicted octanol–water partition coefficient (Wildman–Crippen LogP) is 3.08. The van der Waals surface area contributed by atoms with Crippen LogP contribution in [0.2, 0.25) is 0 Å². The lowest BCUT2D eigenvalue weighted by atomic mass is 10.1. The number of carbonyl (C=O) groups is 1. The second kappa shape index (κ2) is 11.6. The first-order valence-electron chi connectivity index (χ1n) is 9.00. The summed E-state index contributed by atoms with van der Waals surface area (Å²) in [5.41, 5.74) is 0.576. The third-order valence-corrected chi connectivity index (χ3v) is 5.98. The Balaban J connectivity index is 0.00000364. The van der Waals surface area contributed by atoms with E-state index in [4.69, 9.17) is 0 Å². The molecule has 0 atom stereocenters. The fraction of sp³-hybridized carbons (Fsp3) is 0.611. The third kappa shape index (κ3) is 7.71. The van der Waals surface area contributed by atoms with Gasteiger partial charge in [0, 0.05) is 19.1 Å². The number of hydrogen-bond acceptors (Lipinski definition) is 4. The van der Waals surface area contributed by atoms with Gasteiger partial charge in [-0.15, -0.1) is 12.4 Å². The Kier molecular flexibility index (Phi) is 10.2. The molecule has 1 aromatic rings. The van der Waals surface area contributed by atoms with Crippen LogP contribution in [0.3, 0.4) is 0 Å². The first-order valence-corrected chi connectivity index (χ1v) is 10.6. The molecule has 0 bridgehead atoms. The highest BCUT2D eigenvalue weighted by Gasteiger charge is 2.26. The number of hydrogen-bond donors (Lipinski definition) is 2. The van der Waals surface area contributed by atoms with Crippen LogP contribution in [0, 0.1) is 0 Å². The smallest absolute Gasteiger partial charge is 0.341 e. The van der Waals surface area contributed by atoms with Gasteiger partial charge in [-0.05, 0) is 30.5 Å². The molecule has 0 radical (unpaired) electrons. The molecule has 0 unspecified atom stereocenters. The van der Waals surface area contributed by atoms with Gasteiger partial charge in [0.2, 0.25) is 15.7 Å². The van der Waals surface area contributed by atoms with Crippen molar-refractivity contribution in [3.8, 4) is 0 Å². The highest BCUT2D eigenvalue weighted by atomic mass is 35.5. The second-order valence-electron chi connectivity index (χ2n) is 6.62. The quantitative estimate of drug-likeness (QED) is 0.496. The Morgan fingerprint density at radius 3 is 2.19 bits per heavy atom. The largest absolute Gasteiger partial charge is 0.355 e. The molecule has 27 heavy (non-hydrogen) atoms. The molecule has 5 nitrogen and oxygen atoms in total. The van der Waals surface area contributed by atoms with Gasteiger partial charge in [-0.1, -0.05) is 37.8 Å². The monoisotopic (exact) mass is 424 g/mol. The number of amides is 1. The van der Waals surface area contributed by atoms with Crippen LogP contribution in [0.5, 0.6) is 0 Å². The van der Waals surface area contributed by atoms with E-state index in [-0.39, 0.29) is 24.7 Å². The summed E-state index contributed by atoms with van der Waals surface area (Å²) in [6.07, 6.45) is 7.54. The van der Waals surface area contributed by atoms with Crippen molar-refractivity contribution in [2.45, 2.75) is 61.6 Å². The van der Waals surface area contributed by atoms with Crippen molar-refractivity contribution < 1.29 is 22.0 Å². The van der Waals surface area contributed by atoms with Gasteiger partial charge in [-0.25, -0.2) is 8.42 Å². The highest BCUT2D eigenvalue weighted by Crippen LogP contribution is 2.19. The number of sulfone groups is 1. The molecule has 2 rings (SSSR count). The zero-order valence-corrected chi connectivity index (χ0v) is 16.8. The van der Waals surface area contributed by atoms with Gasteiger partial charge < -0.3 is 10.6 Å². The van der Waals surface area contributed by atoms with Crippen molar-refractivity contribution in [1.29, 1.82) is 0 Å². The molecule has 0 heterocycles. The fourth-order valence-corrected chi connectivity index (χ4v) is 3.83. The summed E-state index contributed by atoms with van der Waals surface area (Å²) in [6, 6.07) is 5.52. The molecule has 2 N–H and O–H groups in total. The zero-order chi connectivity index (χ0) is 19.0. The maximum absolute atomic E-state index is 12.5. The topological polar surface area (TPSA) is 75.3 Å². The summed E-state index contributed by atoms with van der Waals surface area (Å²) < 4.78 is 47.7. The maximum atomic E-state index is 12.5. The van der Waals surface area contributed by atoms with E-state index < -0.39 is 20.5 Å². The maximum Gasteiger partial charge on any atom is 0.341 e. The van der Waals surface area contributed by atoms with Crippen molar-refractivity contribution in [1.82, 2.24) is 10.6 Å². The Morgan fingerprint density at radius 2 is 1.63 bits per heavy atom. The number of rotatable bonds is 8. The van der Waals surface area contributed by atoms with Crippen LogP contribution in [0.1, 0.15) is 44.1 Å². The van der Waals surface area contributed by atoms with Gasteiger partial charge in [-0.2, -0.15) is 8.78 Å². The summed E-state index contributed by atoms with van der Waals surface area (Å²) in [5.74, 6) is -3.63. The van der Waals surface area contributed by atoms with E-state index in [0.717, 1.165) is 12.1 Å². The molecule has 0 saturated heterocycles. The van der Waals surface area contributed by atoms with Gasteiger partial charge in [-0.3, -0.25) is 4.79 Å². The average Bonchev–Trinajstić information content (AvgIpc) is 2.88. The number of benzene rings is 1. The molecular weight excluding hydrogens is 398 g/mol. The lowest BCUT2D eigenvalue weighted by molar-refractivity contribution is -0.120. The molecule has 154 valence electrons. The first kappa shape index (κ1) is 23.8. The number of alkyl halides is 2. The van der Waals surface area contributed by atoms with Crippen LogP contribution < -0.4 is 10.6 Å².